The van der Waals surface area contributed by atoms with Gasteiger partial charge in [0.2, 0.25) is 0 Å². The highest BCUT2D eigenvalue weighted by molar-refractivity contribution is 5.86. The summed E-state index contributed by atoms with van der Waals surface area (Å²) >= 11 is 0. The molecule has 0 aliphatic heterocycles. The Bertz CT molecular complexity index is 578. The fraction of sp³-hybridized carbons (Fsp3) is 0.188. The minimum Gasteiger partial charge on any atom is -0.321 e. The van der Waals surface area contributed by atoms with Gasteiger partial charge < -0.3 is 5.73 Å². The number of nitrogens with two attached hydrogens (primary N) is 1. The second kappa shape index (κ2) is 6.39. The van der Waals surface area contributed by atoms with Gasteiger partial charge in [-0.05, 0) is 29.7 Å². The van der Waals surface area contributed by atoms with Crippen LogP contribution in [-0.4, -0.2) is 11.8 Å². The molecule has 0 amide bonds. The molecule has 4 heteroatoms. The molecule has 104 valence electrons. The summed E-state index contributed by atoms with van der Waals surface area (Å²) in [6.07, 6.45) is 0.347. The molecule has 2 rings (SSSR count). The van der Waals surface area contributed by atoms with E-state index in [1.54, 1.807) is 0 Å². The molecule has 0 aromatic heterocycles. The Morgan fingerprint density at radius 3 is 2.20 bits per heavy atom. The Balaban J connectivity index is 2.00. The maximum Gasteiger partial charge on any atom is 0.154 e. The molecule has 2 nitrogen and oxygen atoms in total. The smallest absolute Gasteiger partial charge is 0.154 e. The molecule has 20 heavy (non-hydrogen) atoms. The van der Waals surface area contributed by atoms with E-state index in [2.05, 4.69) is 0 Å². The molecule has 1 atom stereocenters. The number of hydrogen-bond donors (Lipinski definition) is 1. The molecule has 2 aromatic carbocycles. The zero-order chi connectivity index (χ0) is 14.5. The maximum atomic E-state index is 13.0. The zero-order valence-electron chi connectivity index (χ0n) is 10.9. The molecule has 2 N–H and O–H groups in total. The van der Waals surface area contributed by atoms with Gasteiger partial charge in [0.25, 0.3) is 0 Å². The van der Waals surface area contributed by atoms with E-state index in [4.69, 9.17) is 5.73 Å². The standard InChI is InChI=1S/C16H15F2NO/c17-13-6-12(7-14(18)10-13)9-16(20)15(19)8-11-4-2-1-3-5-11/h1-7,10,15H,8-9,19H2. The number of hydrogen-bond acceptors (Lipinski definition) is 2. The molecule has 0 aliphatic rings. The van der Waals surface area contributed by atoms with Crippen LogP contribution in [0.25, 0.3) is 0 Å². The lowest BCUT2D eigenvalue weighted by Gasteiger charge is -2.11. The largest absolute Gasteiger partial charge is 0.321 e. The average molecular weight is 275 g/mol. The lowest BCUT2D eigenvalue weighted by molar-refractivity contribution is -0.119. The highest BCUT2D eigenvalue weighted by atomic mass is 19.1. The Labute approximate surface area is 116 Å². The third-order valence-corrected chi connectivity index (χ3v) is 3.01. The molecule has 0 heterocycles. The lowest BCUT2D eigenvalue weighted by atomic mass is 9.98. The van der Waals surface area contributed by atoms with Crippen LogP contribution in [0.5, 0.6) is 0 Å². The molecular weight excluding hydrogens is 260 g/mol. The summed E-state index contributed by atoms with van der Waals surface area (Å²) in [5.41, 5.74) is 7.10. The summed E-state index contributed by atoms with van der Waals surface area (Å²) in [7, 11) is 0. The van der Waals surface area contributed by atoms with E-state index < -0.39 is 17.7 Å². The molecule has 0 spiro atoms. The highest BCUT2D eigenvalue weighted by Gasteiger charge is 2.15. The van der Waals surface area contributed by atoms with E-state index in [9.17, 15) is 13.6 Å². The molecule has 2 aromatic rings. The first-order valence-electron chi connectivity index (χ1n) is 6.32. The fourth-order valence-corrected chi connectivity index (χ4v) is 2.03. The molecule has 0 saturated heterocycles. The van der Waals surface area contributed by atoms with Gasteiger partial charge in [-0.15, -0.1) is 0 Å². The first kappa shape index (κ1) is 14.3. The van der Waals surface area contributed by atoms with Gasteiger partial charge in [0.15, 0.2) is 5.78 Å². The van der Waals surface area contributed by atoms with Crippen molar-refractivity contribution in [2.24, 2.45) is 5.73 Å². The molecular formula is C16H15F2NO. The third kappa shape index (κ3) is 3.96. The predicted molar refractivity (Wildman–Crippen MR) is 73.2 cm³/mol. The molecule has 0 fully saturated rings. The van der Waals surface area contributed by atoms with Crippen molar-refractivity contribution >= 4 is 5.78 Å². The fourth-order valence-electron chi connectivity index (χ4n) is 2.03. The third-order valence-electron chi connectivity index (χ3n) is 3.01. The summed E-state index contributed by atoms with van der Waals surface area (Å²) in [5.74, 6) is -1.62. The second-order valence-corrected chi connectivity index (χ2v) is 4.72. The van der Waals surface area contributed by atoms with Crippen molar-refractivity contribution < 1.29 is 13.6 Å². The molecule has 1 unspecified atom stereocenters. The van der Waals surface area contributed by atoms with E-state index in [1.165, 1.54) is 0 Å². The number of Topliss-reactive ketones (excluding diaryl/α,β-unsaturated/α-hetero) is 1. The van der Waals surface area contributed by atoms with Crippen molar-refractivity contribution in [1.29, 1.82) is 0 Å². The van der Waals surface area contributed by atoms with Crippen LogP contribution < -0.4 is 5.73 Å². The van der Waals surface area contributed by atoms with Crippen LogP contribution in [-0.2, 0) is 17.6 Å². The Morgan fingerprint density at radius 2 is 1.60 bits per heavy atom. The Hall–Kier alpha value is -2.07. The quantitative estimate of drug-likeness (QED) is 0.911. The summed E-state index contributed by atoms with van der Waals surface area (Å²) in [6, 6.07) is 11.8. The predicted octanol–water partition coefficient (Wildman–Crippen LogP) is 2.65. The van der Waals surface area contributed by atoms with Gasteiger partial charge in [-0.25, -0.2) is 8.78 Å². The Kier molecular flexibility index (Phi) is 4.58. The van der Waals surface area contributed by atoms with Crippen molar-refractivity contribution in [1.82, 2.24) is 0 Å². The molecule has 0 aliphatic carbocycles. The summed E-state index contributed by atoms with van der Waals surface area (Å²) in [4.78, 5) is 12.0. The number of ketones is 1. The van der Waals surface area contributed by atoms with E-state index in [-0.39, 0.29) is 12.2 Å². The minimum atomic E-state index is -0.690. The lowest BCUT2D eigenvalue weighted by Crippen LogP contribution is -2.34. The van der Waals surface area contributed by atoms with Crippen molar-refractivity contribution in [2.75, 3.05) is 0 Å². The first-order chi connectivity index (χ1) is 9.54. The molecule has 0 bridgehead atoms. The van der Waals surface area contributed by atoms with E-state index in [0.29, 0.717) is 12.0 Å². The van der Waals surface area contributed by atoms with Crippen LogP contribution in [0, 0.1) is 11.6 Å². The highest BCUT2D eigenvalue weighted by Crippen LogP contribution is 2.10. The second-order valence-electron chi connectivity index (χ2n) is 4.72. The van der Waals surface area contributed by atoms with E-state index in [0.717, 1.165) is 23.8 Å². The van der Waals surface area contributed by atoms with E-state index >= 15 is 0 Å². The average Bonchev–Trinajstić information content (AvgIpc) is 2.38. The number of carbonyl (C=O) groups is 1. The van der Waals surface area contributed by atoms with Gasteiger partial charge in [0.1, 0.15) is 11.6 Å². The van der Waals surface area contributed by atoms with Gasteiger partial charge in [0.05, 0.1) is 6.04 Å². The minimum absolute atomic E-state index is 0.0668. The van der Waals surface area contributed by atoms with Crippen LogP contribution >= 0.6 is 0 Å². The van der Waals surface area contributed by atoms with Crippen LogP contribution in [0.3, 0.4) is 0 Å². The van der Waals surface area contributed by atoms with Crippen LogP contribution in [0.2, 0.25) is 0 Å². The van der Waals surface area contributed by atoms with Crippen LogP contribution in [0.1, 0.15) is 11.1 Å². The molecule has 0 saturated carbocycles. The number of carbonyl (C=O) groups excluding carboxylic acids is 1. The Morgan fingerprint density at radius 1 is 1.00 bits per heavy atom. The monoisotopic (exact) mass is 275 g/mol. The van der Waals surface area contributed by atoms with Gasteiger partial charge in [-0.1, -0.05) is 30.3 Å². The van der Waals surface area contributed by atoms with Crippen molar-refractivity contribution in [3.63, 3.8) is 0 Å². The van der Waals surface area contributed by atoms with Gasteiger partial charge >= 0.3 is 0 Å². The number of rotatable bonds is 5. The summed E-state index contributed by atoms with van der Waals surface area (Å²) in [5, 5.41) is 0. The first-order valence-corrected chi connectivity index (χ1v) is 6.32. The van der Waals surface area contributed by atoms with E-state index in [1.807, 2.05) is 30.3 Å². The topological polar surface area (TPSA) is 43.1 Å². The van der Waals surface area contributed by atoms with Crippen LogP contribution in [0.4, 0.5) is 8.78 Å². The summed E-state index contributed by atoms with van der Waals surface area (Å²) in [6.45, 7) is 0. The number of halogens is 2. The van der Waals surface area contributed by atoms with Crippen molar-refractivity contribution in [2.45, 2.75) is 18.9 Å². The van der Waals surface area contributed by atoms with Crippen molar-refractivity contribution in [3.8, 4) is 0 Å². The normalized spacial score (nSPS) is 12.2. The SMILES string of the molecule is NC(Cc1ccccc1)C(=O)Cc1cc(F)cc(F)c1. The van der Waals surface area contributed by atoms with Crippen LogP contribution in [0.15, 0.2) is 48.5 Å². The maximum absolute atomic E-state index is 13.0. The zero-order valence-corrected chi connectivity index (χ0v) is 10.9. The summed E-state index contributed by atoms with van der Waals surface area (Å²) < 4.78 is 26.1. The van der Waals surface area contributed by atoms with Gasteiger partial charge in [0, 0.05) is 12.5 Å². The van der Waals surface area contributed by atoms with Gasteiger partial charge in [-0.2, -0.15) is 0 Å². The number of benzene rings is 2. The van der Waals surface area contributed by atoms with Crippen molar-refractivity contribution in [3.05, 3.63) is 71.3 Å². The molecule has 0 radical (unpaired) electrons. The van der Waals surface area contributed by atoms with Gasteiger partial charge in [-0.3, -0.25) is 4.79 Å².